The second kappa shape index (κ2) is 5.81. The second-order valence-corrected chi connectivity index (χ2v) is 4.89. The van der Waals surface area contributed by atoms with Gasteiger partial charge in [0.25, 0.3) is 5.91 Å². The van der Waals surface area contributed by atoms with Crippen LogP contribution < -0.4 is 10.6 Å². The lowest BCUT2D eigenvalue weighted by molar-refractivity contribution is 0.102. The van der Waals surface area contributed by atoms with Crippen molar-refractivity contribution >= 4 is 40.0 Å². The molecule has 0 unspecified atom stereocenters. The highest BCUT2D eigenvalue weighted by atomic mass is 127. The molecule has 2 rings (SSSR count). The minimum absolute atomic E-state index is 0.160. The van der Waals surface area contributed by atoms with Crippen LogP contribution in [0.25, 0.3) is 0 Å². The molecule has 0 bridgehead atoms. The van der Waals surface area contributed by atoms with Gasteiger partial charge in [0.15, 0.2) is 0 Å². The van der Waals surface area contributed by atoms with E-state index in [4.69, 9.17) is 0 Å². The van der Waals surface area contributed by atoms with E-state index in [1.54, 1.807) is 25.4 Å². The van der Waals surface area contributed by atoms with Crippen LogP contribution in [0.1, 0.15) is 10.4 Å². The Bertz CT molecular complexity index is 554. The fraction of sp³-hybridized carbons (Fsp3) is 0.0769. The Morgan fingerprint density at radius 2 is 2.11 bits per heavy atom. The molecule has 0 aliphatic heterocycles. The summed E-state index contributed by atoms with van der Waals surface area (Å²) in [5.74, 6) is 0.577. The smallest absolute Gasteiger partial charge is 0.257 e. The van der Waals surface area contributed by atoms with Crippen molar-refractivity contribution in [1.29, 1.82) is 0 Å². The van der Waals surface area contributed by atoms with E-state index in [2.05, 4.69) is 38.2 Å². The molecule has 0 saturated heterocycles. The molecule has 0 aliphatic rings. The Balaban J connectivity index is 2.11. The van der Waals surface area contributed by atoms with Crippen LogP contribution in [0, 0.1) is 3.57 Å². The normalized spacial score (nSPS) is 9.89. The number of anilines is 2. The molecule has 0 saturated carbocycles. The predicted octanol–water partition coefficient (Wildman–Crippen LogP) is 2.98. The average molecular weight is 353 g/mol. The van der Waals surface area contributed by atoms with Crippen LogP contribution in [0.2, 0.25) is 0 Å². The minimum Gasteiger partial charge on any atom is -0.373 e. The summed E-state index contributed by atoms with van der Waals surface area (Å²) in [7, 11) is 1.79. The van der Waals surface area contributed by atoms with E-state index >= 15 is 0 Å². The summed E-state index contributed by atoms with van der Waals surface area (Å²) >= 11 is 2.20. The van der Waals surface area contributed by atoms with Gasteiger partial charge in [0.1, 0.15) is 5.82 Å². The van der Waals surface area contributed by atoms with E-state index in [1.807, 2.05) is 24.3 Å². The number of nitrogens with zero attached hydrogens (tertiary/aromatic N) is 1. The SMILES string of the molecule is CNc1ccc(C(=O)Nc2cccc(I)c2)cn1. The summed E-state index contributed by atoms with van der Waals surface area (Å²) in [4.78, 5) is 16.1. The van der Waals surface area contributed by atoms with Crippen molar-refractivity contribution in [3.05, 3.63) is 51.7 Å². The van der Waals surface area contributed by atoms with Crippen molar-refractivity contribution in [1.82, 2.24) is 4.98 Å². The first-order valence-corrected chi connectivity index (χ1v) is 6.47. The van der Waals surface area contributed by atoms with Gasteiger partial charge in [-0.25, -0.2) is 4.98 Å². The van der Waals surface area contributed by atoms with Crippen LogP contribution in [0.3, 0.4) is 0 Å². The highest BCUT2D eigenvalue weighted by Gasteiger charge is 2.06. The van der Waals surface area contributed by atoms with E-state index < -0.39 is 0 Å². The highest BCUT2D eigenvalue weighted by molar-refractivity contribution is 14.1. The Labute approximate surface area is 119 Å². The third-order valence-electron chi connectivity index (χ3n) is 2.36. The van der Waals surface area contributed by atoms with Crippen LogP contribution in [-0.2, 0) is 0 Å². The number of carbonyl (C=O) groups excluding carboxylic acids is 1. The van der Waals surface area contributed by atoms with E-state index in [1.165, 1.54) is 0 Å². The molecule has 0 fully saturated rings. The zero-order chi connectivity index (χ0) is 13.0. The number of rotatable bonds is 3. The number of hydrogen-bond donors (Lipinski definition) is 2. The number of pyridine rings is 1. The third-order valence-corrected chi connectivity index (χ3v) is 3.04. The lowest BCUT2D eigenvalue weighted by atomic mass is 10.2. The maximum Gasteiger partial charge on any atom is 0.257 e. The summed E-state index contributed by atoms with van der Waals surface area (Å²) in [6, 6.07) is 11.1. The van der Waals surface area contributed by atoms with Crippen LogP contribution >= 0.6 is 22.6 Å². The molecule has 4 nitrogen and oxygen atoms in total. The molecule has 2 N–H and O–H groups in total. The van der Waals surface area contributed by atoms with E-state index in [9.17, 15) is 4.79 Å². The topological polar surface area (TPSA) is 54.0 Å². The molecule has 1 heterocycles. The Kier molecular flexibility index (Phi) is 4.14. The molecule has 0 aliphatic carbocycles. The standard InChI is InChI=1S/C13H12IN3O/c1-15-12-6-5-9(8-16-12)13(18)17-11-4-2-3-10(14)7-11/h2-8H,1H3,(H,15,16)(H,17,18). The Morgan fingerprint density at radius 1 is 1.28 bits per heavy atom. The van der Waals surface area contributed by atoms with Crippen molar-refractivity contribution in [2.45, 2.75) is 0 Å². The molecule has 0 atom stereocenters. The third kappa shape index (κ3) is 3.19. The number of nitrogens with one attached hydrogen (secondary N) is 2. The maximum atomic E-state index is 12.0. The molecule has 2 aromatic rings. The molecule has 1 aromatic carbocycles. The van der Waals surface area contributed by atoms with Gasteiger partial charge in [-0.3, -0.25) is 4.79 Å². The fourth-order valence-corrected chi connectivity index (χ4v) is 1.99. The molecule has 5 heteroatoms. The first-order valence-electron chi connectivity index (χ1n) is 5.40. The molecular weight excluding hydrogens is 341 g/mol. The summed E-state index contributed by atoms with van der Waals surface area (Å²) in [5.41, 5.74) is 1.32. The number of amides is 1. The molecule has 92 valence electrons. The monoisotopic (exact) mass is 353 g/mol. The van der Waals surface area contributed by atoms with Gasteiger partial charge >= 0.3 is 0 Å². The number of benzene rings is 1. The molecule has 1 aromatic heterocycles. The minimum atomic E-state index is -0.160. The van der Waals surface area contributed by atoms with Gasteiger partial charge in [0, 0.05) is 22.5 Å². The average Bonchev–Trinajstić information content (AvgIpc) is 2.39. The second-order valence-electron chi connectivity index (χ2n) is 3.65. The molecular formula is C13H12IN3O. The van der Waals surface area contributed by atoms with Gasteiger partial charge in [-0.2, -0.15) is 0 Å². The van der Waals surface area contributed by atoms with Gasteiger partial charge in [0.05, 0.1) is 5.56 Å². The lowest BCUT2D eigenvalue weighted by Gasteiger charge is -2.06. The molecule has 1 amide bonds. The van der Waals surface area contributed by atoms with E-state index in [-0.39, 0.29) is 5.91 Å². The van der Waals surface area contributed by atoms with E-state index in [0.717, 1.165) is 15.1 Å². The van der Waals surface area contributed by atoms with Crippen molar-refractivity contribution in [3.8, 4) is 0 Å². The lowest BCUT2D eigenvalue weighted by Crippen LogP contribution is -2.12. The van der Waals surface area contributed by atoms with Gasteiger partial charge in [0.2, 0.25) is 0 Å². The van der Waals surface area contributed by atoms with Crippen LogP contribution in [0.15, 0.2) is 42.6 Å². The zero-order valence-electron chi connectivity index (χ0n) is 9.77. The first kappa shape index (κ1) is 12.8. The van der Waals surface area contributed by atoms with Gasteiger partial charge in [-0.15, -0.1) is 0 Å². The molecule has 18 heavy (non-hydrogen) atoms. The van der Waals surface area contributed by atoms with Crippen molar-refractivity contribution in [2.75, 3.05) is 17.7 Å². The summed E-state index contributed by atoms with van der Waals surface area (Å²) in [6.07, 6.45) is 1.55. The zero-order valence-corrected chi connectivity index (χ0v) is 11.9. The Hall–Kier alpha value is -1.63. The van der Waals surface area contributed by atoms with Crippen LogP contribution in [0.4, 0.5) is 11.5 Å². The summed E-state index contributed by atoms with van der Waals surface area (Å²) < 4.78 is 1.08. The maximum absolute atomic E-state index is 12.0. The summed E-state index contributed by atoms with van der Waals surface area (Å²) in [6.45, 7) is 0. The van der Waals surface area contributed by atoms with Crippen LogP contribution in [-0.4, -0.2) is 17.9 Å². The largest absolute Gasteiger partial charge is 0.373 e. The van der Waals surface area contributed by atoms with E-state index in [0.29, 0.717) is 5.56 Å². The highest BCUT2D eigenvalue weighted by Crippen LogP contribution is 2.14. The van der Waals surface area contributed by atoms with Gasteiger partial charge in [-0.1, -0.05) is 6.07 Å². The number of hydrogen-bond acceptors (Lipinski definition) is 3. The van der Waals surface area contributed by atoms with Crippen molar-refractivity contribution in [2.24, 2.45) is 0 Å². The van der Waals surface area contributed by atoms with Crippen molar-refractivity contribution in [3.63, 3.8) is 0 Å². The summed E-state index contributed by atoms with van der Waals surface area (Å²) in [5, 5.41) is 5.74. The molecule has 0 spiro atoms. The quantitative estimate of drug-likeness (QED) is 0.835. The van der Waals surface area contributed by atoms with Gasteiger partial charge < -0.3 is 10.6 Å². The number of aromatic nitrogens is 1. The van der Waals surface area contributed by atoms with Crippen LogP contribution in [0.5, 0.6) is 0 Å². The van der Waals surface area contributed by atoms with Gasteiger partial charge in [-0.05, 0) is 52.9 Å². The molecule has 0 radical (unpaired) electrons. The Morgan fingerprint density at radius 3 is 2.72 bits per heavy atom. The first-order chi connectivity index (χ1) is 8.69. The predicted molar refractivity (Wildman–Crippen MR) is 80.9 cm³/mol. The number of halogens is 1. The van der Waals surface area contributed by atoms with Crippen molar-refractivity contribution < 1.29 is 4.79 Å². The number of carbonyl (C=O) groups is 1. The fourth-order valence-electron chi connectivity index (χ4n) is 1.45.